The van der Waals surface area contributed by atoms with Crippen molar-refractivity contribution in [3.63, 3.8) is 0 Å². The summed E-state index contributed by atoms with van der Waals surface area (Å²) in [6.45, 7) is 4.33. The fraction of sp³-hybridized carbons (Fsp3) is 0.467. The summed E-state index contributed by atoms with van der Waals surface area (Å²) in [6, 6.07) is 7.50. The first-order valence-electron chi connectivity index (χ1n) is 6.79. The van der Waals surface area contributed by atoms with Crippen LogP contribution in [-0.4, -0.2) is 30.3 Å². The number of anilines is 1. The van der Waals surface area contributed by atoms with Crippen molar-refractivity contribution < 1.29 is 9.59 Å². The third kappa shape index (κ3) is 4.66. The molecule has 20 heavy (non-hydrogen) atoms. The van der Waals surface area contributed by atoms with E-state index >= 15 is 0 Å². The molecule has 1 atom stereocenters. The number of nitrogens with one attached hydrogen (secondary N) is 1. The maximum absolute atomic E-state index is 12.0. The lowest BCUT2D eigenvalue weighted by Crippen LogP contribution is -2.28. The van der Waals surface area contributed by atoms with Crippen LogP contribution in [0.1, 0.15) is 25.8 Å². The highest BCUT2D eigenvalue weighted by Gasteiger charge is 2.14. The van der Waals surface area contributed by atoms with Crippen molar-refractivity contribution in [2.75, 3.05) is 18.9 Å². The molecule has 1 rings (SSSR count). The Labute approximate surface area is 120 Å². The normalized spacial score (nSPS) is 11.8. The topological polar surface area (TPSA) is 75.4 Å². The predicted molar refractivity (Wildman–Crippen MR) is 80.1 cm³/mol. The van der Waals surface area contributed by atoms with Crippen molar-refractivity contribution in [3.05, 3.63) is 29.8 Å². The Kier molecular flexibility index (Phi) is 6.18. The summed E-state index contributed by atoms with van der Waals surface area (Å²) in [5.74, 6) is -0.223. The summed E-state index contributed by atoms with van der Waals surface area (Å²) in [5.41, 5.74) is 7.27. The standard InChI is InChI=1S/C15H23N3O2/c1-4-13(9-16)15(20)17-14-7-5-6-12(8-14)10-18(3)11(2)19/h5-8,13H,4,9-10,16H2,1-3H3,(H,17,20). The summed E-state index contributed by atoms with van der Waals surface area (Å²) in [4.78, 5) is 24.8. The molecule has 0 heterocycles. The molecule has 0 aliphatic heterocycles. The van der Waals surface area contributed by atoms with Crippen LogP contribution in [-0.2, 0) is 16.1 Å². The van der Waals surface area contributed by atoms with Crippen molar-refractivity contribution >= 4 is 17.5 Å². The van der Waals surface area contributed by atoms with Gasteiger partial charge in [0.2, 0.25) is 11.8 Å². The summed E-state index contributed by atoms with van der Waals surface area (Å²) in [5, 5.41) is 2.86. The average Bonchev–Trinajstić information content (AvgIpc) is 2.40. The van der Waals surface area contributed by atoms with E-state index in [0.717, 1.165) is 17.7 Å². The average molecular weight is 277 g/mol. The molecule has 0 saturated heterocycles. The molecule has 0 aliphatic rings. The Hall–Kier alpha value is -1.88. The molecule has 5 nitrogen and oxygen atoms in total. The molecule has 1 unspecified atom stereocenters. The van der Waals surface area contributed by atoms with Crippen LogP contribution in [0.2, 0.25) is 0 Å². The fourth-order valence-corrected chi connectivity index (χ4v) is 1.84. The highest BCUT2D eigenvalue weighted by atomic mass is 16.2. The highest BCUT2D eigenvalue weighted by Crippen LogP contribution is 2.14. The van der Waals surface area contributed by atoms with Gasteiger partial charge in [-0.05, 0) is 24.1 Å². The largest absolute Gasteiger partial charge is 0.342 e. The Balaban J connectivity index is 2.73. The number of benzene rings is 1. The number of carbonyl (C=O) groups is 2. The predicted octanol–water partition coefficient (Wildman–Crippen LogP) is 1.59. The van der Waals surface area contributed by atoms with Gasteiger partial charge in [-0.2, -0.15) is 0 Å². The Morgan fingerprint density at radius 1 is 1.40 bits per heavy atom. The third-order valence-electron chi connectivity index (χ3n) is 3.30. The molecular formula is C15H23N3O2. The lowest BCUT2D eigenvalue weighted by molar-refractivity contribution is -0.128. The molecule has 0 fully saturated rings. The highest BCUT2D eigenvalue weighted by molar-refractivity contribution is 5.92. The molecule has 1 aromatic carbocycles. The van der Waals surface area contributed by atoms with Crippen molar-refractivity contribution in [2.24, 2.45) is 11.7 Å². The second-order valence-corrected chi connectivity index (χ2v) is 4.91. The Bertz CT molecular complexity index is 470. The van der Waals surface area contributed by atoms with Crippen LogP contribution in [0.25, 0.3) is 0 Å². The molecule has 0 saturated carbocycles. The van der Waals surface area contributed by atoms with E-state index in [2.05, 4.69) is 5.32 Å². The number of rotatable bonds is 6. The van der Waals surface area contributed by atoms with Gasteiger partial charge in [0, 0.05) is 32.7 Å². The number of hydrogen-bond donors (Lipinski definition) is 2. The van der Waals surface area contributed by atoms with Gasteiger partial charge in [-0.15, -0.1) is 0 Å². The summed E-state index contributed by atoms with van der Waals surface area (Å²) >= 11 is 0. The van der Waals surface area contributed by atoms with Crippen LogP contribution < -0.4 is 11.1 Å². The summed E-state index contributed by atoms with van der Waals surface area (Å²) in [6.07, 6.45) is 0.717. The molecule has 0 aliphatic carbocycles. The second-order valence-electron chi connectivity index (χ2n) is 4.91. The molecule has 0 bridgehead atoms. The summed E-state index contributed by atoms with van der Waals surface area (Å²) in [7, 11) is 1.75. The molecule has 0 aromatic heterocycles. The Morgan fingerprint density at radius 2 is 2.10 bits per heavy atom. The molecule has 1 aromatic rings. The molecule has 3 N–H and O–H groups in total. The van der Waals surface area contributed by atoms with Gasteiger partial charge in [0.1, 0.15) is 0 Å². The van der Waals surface area contributed by atoms with Crippen LogP contribution in [0.15, 0.2) is 24.3 Å². The monoisotopic (exact) mass is 277 g/mol. The van der Waals surface area contributed by atoms with E-state index < -0.39 is 0 Å². The fourth-order valence-electron chi connectivity index (χ4n) is 1.84. The van der Waals surface area contributed by atoms with Gasteiger partial charge in [-0.3, -0.25) is 9.59 Å². The van der Waals surface area contributed by atoms with Crippen molar-refractivity contribution in [1.29, 1.82) is 0 Å². The maximum atomic E-state index is 12.0. The van der Waals surface area contributed by atoms with Crippen molar-refractivity contribution in [2.45, 2.75) is 26.8 Å². The van der Waals surface area contributed by atoms with Crippen LogP contribution in [0, 0.1) is 5.92 Å². The first-order chi connectivity index (χ1) is 9.47. The number of nitrogens with two attached hydrogens (primary N) is 1. The minimum Gasteiger partial charge on any atom is -0.342 e. The van der Waals surface area contributed by atoms with Crippen LogP contribution in [0.3, 0.4) is 0 Å². The molecule has 5 heteroatoms. The van der Waals surface area contributed by atoms with E-state index in [1.807, 2.05) is 31.2 Å². The van der Waals surface area contributed by atoms with E-state index in [0.29, 0.717) is 13.1 Å². The molecule has 110 valence electrons. The van der Waals surface area contributed by atoms with Gasteiger partial charge in [0.05, 0.1) is 5.92 Å². The zero-order chi connectivity index (χ0) is 15.1. The quantitative estimate of drug-likeness (QED) is 0.829. The van der Waals surface area contributed by atoms with E-state index in [4.69, 9.17) is 5.73 Å². The minimum atomic E-state index is -0.168. The number of amides is 2. The van der Waals surface area contributed by atoms with Gasteiger partial charge >= 0.3 is 0 Å². The SMILES string of the molecule is CCC(CN)C(=O)Nc1cccc(CN(C)C(C)=O)c1. The molecular weight excluding hydrogens is 254 g/mol. The van der Waals surface area contributed by atoms with Gasteiger partial charge in [-0.1, -0.05) is 19.1 Å². The van der Waals surface area contributed by atoms with Gasteiger partial charge in [0.25, 0.3) is 0 Å². The van der Waals surface area contributed by atoms with Crippen molar-refractivity contribution in [3.8, 4) is 0 Å². The third-order valence-corrected chi connectivity index (χ3v) is 3.30. The summed E-state index contributed by atoms with van der Waals surface area (Å²) < 4.78 is 0. The number of carbonyl (C=O) groups excluding carboxylic acids is 2. The van der Waals surface area contributed by atoms with Gasteiger partial charge in [-0.25, -0.2) is 0 Å². The van der Waals surface area contributed by atoms with Crippen LogP contribution >= 0.6 is 0 Å². The molecule has 0 spiro atoms. The van der Waals surface area contributed by atoms with Crippen molar-refractivity contribution in [1.82, 2.24) is 4.90 Å². The van der Waals surface area contributed by atoms with E-state index in [9.17, 15) is 9.59 Å². The maximum Gasteiger partial charge on any atom is 0.228 e. The second kappa shape index (κ2) is 7.65. The Morgan fingerprint density at radius 3 is 2.65 bits per heavy atom. The smallest absolute Gasteiger partial charge is 0.228 e. The van der Waals surface area contributed by atoms with E-state index in [1.54, 1.807) is 11.9 Å². The number of nitrogens with zero attached hydrogens (tertiary/aromatic N) is 1. The van der Waals surface area contributed by atoms with E-state index in [1.165, 1.54) is 6.92 Å². The zero-order valence-electron chi connectivity index (χ0n) is 12.3. The van der Waals surface area contributed by atoms with E-state index in [-0.39, 0.29) is 17.7 Å². The molecule has 2 amide bonds. The van der Waals surface area contributed by atoms with Crippen LogP contribution in [0.4, 0.5) is 5.69 Å². The molecule has 0 radical (unpaired) electrons. The van der Waals surface area contributed by atoms with Crippen LogP contribution in [0.5, 0.6) is 0 Å². The van der Waals surface area contributed by atoms with Gasteiger partial charge < -0.3 is 16.0 Å². The number of hydrogen-bond acceptors (Lipinski definition) is 3. The lowest BCUT2D eigenvalue weighted by atomic mass is 10.1. The lowest BCUT2D eigenvalue weighted by Gasteiger charge is -2.16. The van der Waals surface area contributed by atoms with Gasteiger partial charge in [0.15, 0.2) is 0 Å². The zero-order valence-corrected chi connectivity index (χ0v) is 12.3. The minimum absolute atomic E-state index is 0.00798. The first-order valence-corrected chi connectivity index (χ1v) is 6.79. The first kappa shape index (κ1) is 16.2.